The summed E-state index contributed by atoms with van der Waals surface area (Å²) in [4.78, 5) is 26.1. The zero-order valence-electron chi connectivity index (χ0n) is 17.7. The minimum absolute atomic E-state index is 0.00298. The van der Waals surface area contributed by atoms with Gasteiger partial charge in [-0.3, -0.25) is 14.5 Å². The Morgan fingerprint density at radius 2 is 1.65 bits per heavy atom. The van der Waals surface area contributed by atoms with Crippen LogP contribution >= 0.6 is 11.6 Å². The first-order valence-corrected chi connectivity index (χ1v) is 11.0. The number of sulfonamides is 1. The van der Waals surface area contributed by atoms with Gasteiger partial charge in [-0.1, -0.05) is 17.7 Å². The predicted molar refractivity (Wildman–Crippen MR) is 120 cm³/mol. The minimum atomic E-state index is -3.67. The van der Waals surface area contributed by atoms with Gasteiger partial charge in [-0.25, -0.2) is 12.7 Å². The van der Waals surface area contributed by atoms with Gasteiger partial charge in [-0.05, 0) is 37.4 Å². The van der Waals surface area contributed by atoms with Gasteiger partial charge in [0.1, 0.15) is 5.75 Å². The topological polar surface area (TPSA) is 108 Å². The van der Waals surface area contributed by atoms with Crippen molar-refractivity contribution in [3.8, 4) is 5.75 Å². The van der Waals surface area contributed by atoms with E-state index >= 15 is 0 Å². The lowest BCUT2D eigenvalue weighted by Crippen LogP contribution is -2.36. The van der Waals surface area contributed by atoms with E-state index in [9.17, 15) is 18.0 Å². The second-order valence-corrected chi connectivity index (χ2v) is 9.49. The number of carbonyl (C=O) groups is 2. The summed E-state index contributed by atoms with van der Waals surface area (Å²) in [7, 11) is 2.29. The largest absolute Gasteiger partial charge is 0.497 e. The van der Waals surface area contributed by atoms with E-state index in [4.69, 9.17) is 16.3 Å². The molecule has 0 saturated carbocycles. The molecule has 11 heteroatoms. The standard InChI is InChI=1S/C20H25ClN4O5S/c1-24(2)31(28,29)16-8-9-17(21)18(11-16)23-20(27)13-25(3)12-19(26)22-14-6-5-7-15(10-14)30-4/h5-11H,12-13H2,1-4H3,(H,22,26)(H,23,27). The fourth-order valence-electron chi connectivity index (χ4n) is 2.61. The Labute approximate surface area is 187 Å². The molecule has 2 aromatic carbocycles. The van der Waals surface area contributed by atoms with Gasteiger partial charge in [0.2, 0.25) is 21.8 Å². The van der Waals surface area contributed by atoms with Gasteiger partial charge in [0.05, 0.1) is 35.8 Å². The number of methoxy groups -OCH3 is 1. The van der Waals surface area contributed by atoms with Crippen molar-refractivity contribution >= 4 is 44.8 Å². The van der Waals surface area contributed by atoms with E-state index in [0.717, 1.165) is 4.31 Å². The van der Waals surface area contributed by atoms with E-state index in [1.807, 2.05) is 0 Å². The molecule has 0 unspecified atom stereocenters. The summed E-state index contributed by atoms with van der Waals surface area (Å²) in [5.74, 6) is -0.139. The molecule has 168 valence electrons. The number of likely N-dealkylation sites (N-methyl/N-ethyl adjacent to an activating group) is 1. The summed E-state index contributed by atoms with van der Waals surface area (Å²) in [6.07, 6.45) is 0. The Morgan fingerprint density at radius 3 is 2.26 bits per heavy atom. The van der Waals surface area contributed by atoms with Crippen molar-refractivity contribution in [2.75, 3.05) is 52.0 Å². The Kier molecular flexibility index (Phi) is 8.40. The number of anilines is 2. The molecule has 2 rings (SSSR count). The number of nitrogens with zero attached hydrogens (tertiary/aromatic N) is 2. The maximum atomic E-state index is 12.4. The normalized spacial score (nSPS) is 11.5. The van der Waals surface area contributed by atoms with Crippen molar-refractivity contribution in [3.63, 3.8) is 0 Å². The highest BCUT2D eigenvalue weighted by Crippen LogP contribution is 2.26. The highest BCUT2D eigenvalue weighted by Gasteiger charge is 2.19. The molecule has 2 aromatic rings. The first-order chi connectivity index (χ1) is 14.5. The Morgan fingerprint density at radius 1 is 1.00 bits per heavy atom. The first kappa shape index (κ1) is 24.6. The van der Waals surface area contributed by atoms with Crippen LogP contribution in [0.3, 0.4) is 0 Å². The van der Waals surface area contributed by atoms with Crippen LogP contribution in [0.2, 0.25) is 5.02 Å². The molecule has 9 nitrogen and oxygen atoms in total. The molecule has 0 heterocycles. The maximum Gasteiger partial charge on any atom is 0.242 e. The Hall–Kier alpha value is -2.66. The number of hydrogen-bond acceptors (Lipinski definition) is 6. The van der Waals surface area contributed by atoms with Crippen LogP contribution in [0.1, 0.15) is 0 Å². The summed E-state index contributed by atoms with van der Waals surface area (Å²) >= 11 is 6.09. The molecule has 2 N–H and O–H groups in total. The van der Waals surface area contributed by atoms with E-state index in [1.54, 1.807) is 31.3 Å². The van der Waals surface area contributed by atoms with E-state index in [0.29, 0.717) is 11.4 Å². The molecule has 31 heavy (non-hydrogen) atoms. The molecule has 0 atom stereocenters. The molecule has 2 amide bonds. The Balaban J connectivity index is 1.97. The highest BCUT2D eigenvalue weighted by atomic mass is 35.5. The smallest absolute Gasteiger partial charge is 0.242 e. The lowest BCUT2D eigenvalue weighted by Gasteiger charge is -2.17. The van der Waals surface area contributed by atoms with Crippen LogP contribution < -0.4 is 15.4 Å². The van der Waals surface area contributed by atoms with Gasteiger partial charge in [0.25, 0.3) is 0 Å². The number of benzene rings is 2. The van der Waals surface area contributed by atoms with Crippen LogP contribution in [0, 0.1) is 0 Å². The van der Waals surface area contributed by atoms with Crippen LogP contribution in [-0.2, 0) is 19.6 Å². The van der Waals surface area contributed by atoms with Gasteiger partial charge >= 0.3 is 0 Å². The first-order valence-electron chi connectivity index (χ1n) is 9.17. The SMILES string of the molecule is COc1cccc(NC(=O)CN(C)CC(=O)Nc2cc(S(=O)(=O)N(C)C)ccc2Cl)c1. The summed E-state index contributed by atoms with van der Waals surface area (Å²) in [6.45, 7) is -0.139. The van der Waals surface area contributed by atoms with Crippen molar-refractivity contribution in [1.29, 1.82) is 0 Å². The number of hydrogen-bond donors (Lipinski definition) is 2. The van der Waals surface area contributed by atoms with Gasteiger partial charge in [0, 0.05) is 25.8 Å². The van der Waals surface area contributed by atoms with Crippen LogP contribution in [0.4, 0.5) is 11.4 Å². The average Bonchev–Trinajstić information content (AvgIpc) is 2.69. The quantitative estimate of drug-likeness (QED) is 0.583. The molecule has 0 spiro atoms. The van der Waals surface area contributed by atoms with E-state index in [-0.39, 0.29) is 34.6 Å². The van der Waals surface area contributed by atoms with E-state index in [2.05, 4.69) is 10.6 Å². The third-order valence-electron chi connectivity index (χ3n) is 4.17. The van der Waals surface area contributed by atoms with Gasteiger partial charge in [-0.2, -0.15) is 0 Å². The van der Waals surface area contributed by atoms with Crippen LogP contribution in [0.25, 0.3) is 0 Å². The lowest BCUT2D eigenvalue weighted by atomic mass is 10.3. The minimum Gasteiger partial charge on any atom is -0.497 e. The number of rotatable bonds is 9. The third kappa shape index (κ3) is 6.93. The number of amides is 2. The van der Waals surface area contributed by atoms with Crippen molar-refractivity contribution < 1.29 is 22.7 Å². The van der Waals surface area contributed by atoms with Gasteiger partial charge in [-0.15, -0.1) is 0 Å². The molecule has 0 radical (unpaired) electrons. The molecule has 0 aromatic heterocycles. The molecule has 0 aliphatic heterocycles. The van der Waals surface area contributed by atoms with E-state index in [1.165, 1.54) is 44.3 Å². The summed E-state index contributed by atoms with van der Waals surface area (Å²) in [6, 6.07) is 11.0. The zero-order valence-corrected chi connectivity index (χ0v) is 19.2. The molecular weight excluding hydrogens is 444 g/mol. The second-order valence-electron chi connectivity index (χ2n) is 6.93. The maximum absolute atomic E-state index is 12.4. The van der Waals surface area contributed by atoms with Crippen LogP contribution in [0.15, 0.2) is 47.4 Å². The number of halogens is 1. The number of ether oxygens (including phenoxy) is 1. The second kappa shape index (κ2) is 10.6. The number of carbonyl (C=O) groups excluding carboxylic acids is 2. The van der Waals surface area contributed by atoms with Crippen molar-refractivity contribution in [2.24, 2.45) is 0 Å². The zero-order chi connectivity index (χ0) is 23.2. The monoisotopic (exact) mass is 468 g/mol. The molecule has 0 aliphatic carbocycles. The Bertz CT molecular complexity index is 1060. The molecule has 0 saturated heterocycles. The fourth-order valence-corrected chi connectivity index (χ4v) is 3.70. The van der Waals surface area contributed by atoms with Crippen molar-refractivity contribution in [3.05, 3.63) is 47.5 Å². The summed E-state index contributed by atoms with van der Waals surface area (Å²) in [5, 5.41) is 5.51. The molecule has 0 fully saturated rings. The third-order valence-corrected chi connectivity index (χ3v) is 6.31. The van der Waals surface area contributed by atoms with Gasteiger partial charge in [0.15, 0.2) is 0 Å². The van der Waals surface area contributed by atoms with Crippen molar-refractivity contribution in [2.45, 2.75) is 4.90 Å². The lowest BCUT2D eigenvalue weighted by molar-refractivity contribution is -0.119. The van der Waals surface area contributed by atoms with Crippen molar-refractivity contribution in [1.82, 2.24) is 9.21 Å². The summed E-state index contributed by atoms with van der Waals surface area (Å²) in [5.41, 5.74) is 0.747. The fraction of sp³-hybridized carbons (Fsp3) is 0.300. The van der Waals surface area contributed by atoms with Crippen LogP contribution in [-0.4, -0.2) is 70.8 Å². The van der Waals surface area contributed by atoms with Crippen LogP contribution in [0.5, 0.6) is 5.75 Å². The average molecular weight is 469 g/mol. The molecular formula is C20H25ClN4O5S. The molecule has 0 bridgehead atoms. The molecule has 0 aliphatic rings. The van der Waals surface area contributed by atoms with E-state index < -0.39 is 15.9 Å². The predicted octanol–water partition coefficient (Wildman–Crippen LogP) is 2.11. The van der Waals surface area contributed by atoms with Gasteiger partial charge < -0.3 is 15.4 Å². The summed E-state index contributed by atoms with van der Waals surface area (Å²) < 4.78 is 30.7. The number of nitrogens with one attached hydrogen (secondary N) is 2. The highest BCUT2D eigenvalue weighted by molar-refractivity contribution is 7.89.